The van der Waals surface area contributed by atoms with Crippen LogP contribution in [0.2, 0.25) is 0 Å². The first-order chi connectivity index (χ1) is 9.60. The van der Waals surface area contributed by atoms with E-state index in [1.165, 1.54) is 6.92 Å². The van der Waals surface area contributed by atoms with Crippen molar-refractivity contribution in [1.82, 2.24) is 0 Å². The predicted octanol–water partition coefficient (Wildman–Crippen LogP) is 3.09. The molecule has 0 radical (unpaired) electrons. The second-order valence-electron chi connectivity index (χ2n) is 4.56. The molecule has 3 N–H and O–H groups in total. The minimum atomic E-state index is -0.0261. The molecular formula is C16H18N2O2. The summed E-state index contributed by atoms with van der Waals surface area (Å²) in [5.74, 6) is 0.803. The summed E-state index contributed by atoms with van der Waals surface area (Å²) in [6.07, 6.45) is 0. The van der Waals surface area contributed by atoms with Gasteiger partial charge in [-0.05, 0) is 42.8 Å². The highest BCUT2D eigenvalue weighted by molar-refractivity contribution is 5.99. The number of nitrogens with one attached hydrogen (secondary N) is 1. The molecule has 0 aliphatic carbocycles. The summed E-state index contributed by atoms with van der Waals surface area (Å²) in [5.41, 5.74) is 8.90. The first-order valence-electron chi connectivity index (χ1n) is 6.37. The van der Waals surface area contributed by atoms with Gasteiger partial charge in [0.15, 0.2) is 5.78 Å². The number of methoxy groups -OCH3 is 1. The lowest BCUT2D eigenvalue weighted by molar-refractivity contribution is 0.101. The number of Topliss-reactive ketones (excluding diaryl/α,β-unsaturated/α-hetero) is 1. The van der Waals surface area contributed by atoms with Crippen molar-refractivity contribution in [2.45, 2.75) is 13.5 Å². The van der Waals surface area contributed by atoms with Gasteiger partial charge in [0.2, 0.25) is 0 Å². The SMILES string of the molecule is COc1cccc(CNc2ccc(C(C)=O)c(N)c2)c1. The Labute approximate surface area is 118 Å². The van der Waals surface area contributed by atoms with Gasteiger partial charge >= 0.3 is 0 Å². The number of nitrogens with two attached hydrogens (primary N) is 1. The first kappa shape index (κ1) is 13.9. The molecule has 20 heavy (non-hydrogen) atoms. The largest absolute Gasteiger partial charge is 0.497 e. The molecule has 0 aliphatic rings. The topological polar surface area (TPSA) is 64.3 Å². The predicted molar refractivity (Wildman–Crippen MR) is 81.2 cm³/mol. The summed E-state index contributed by atoms with van der Waals surface area (Å²) in [5, 5.41) is 3.27. The van der Waals surface area contributed by atoms with Gasteiger partial charge in [0.25, 0.3) is 0 Å². The Kier molecular flexibility index (Phi) is 4.25. The molecule has 0 fully saturated rings. The molecule has 0 atom stereocenters. The number of carbonyl (C=O) groups is 1. The maximum Gasteiger partial charge on any atom is 0.161 e. The molecule has 2 aromatic rings. The zero-order chi connectivity index (χ0) is 14.5. The molecule has 2 aromatic carbocycles. The van der Waals surface area contributed by atoms with Crippen LogP contribution >= 0.6 is 0 Å². The molecule has 0 spiro atoms. The molecule has 0 saturated heterocycles. The lowest BCUT2D eigenvalue weighted by atomic mass is 10.1. The van der Waals surface area contributed by atoms with E-state index in [2.05, 4.69) is 5.32 Å². The van der Waals surface area contributed by atoms with Crippen LogP contribution in [0.1, 0.15) is 22.8 Å². The van der Waals surface area contributed by atoms with Gasteiger partial charge in [0, 0.05) is 23.5 Å². The smallest absolute Gasteiger partial charge is 0.161 e. The summed E-state index contributed by atoms with van der Waals surface area (Å²) in [7, 11) is 1.65. The maximum atomic E-state index is 11.3. The molecule has 0 aromatic heterocycles. The van der Waals surface area contributed by atoms with Crippen molar-refractivity contribution in [1.29, 1.82) is 0 Å². The van der Waals surface area contributed by atoms with Gasteiger partial charge in [-0.2, -0.15) is 0 Å². The third kappa shape index (κ3) is 3.29. The molecule has 104 valence electrons. The summed E-state index contributed by atoms with van der Waals surface area (Å²) in [4.78, 5) is 11.3. The summed E-state index contributed by atoms with van der Waals surface area (Å²) >= 11 is 0. The van der Waals surface area contributed by atoms with Crippen molar-refractivity contribution in [3.8, 4) is 5.75 Å². The van der Waals surface area contributed by atoms with Crippen molar-refractivity contribution >= 4 is 17.2 Å². The minimum Gasteiger partial charge on any atom is -0.497 e. The van der Waals surface area contributed by atoms with Gasteiger partial charge in [-0.15, -0.1) is 0 Å². The van der Waals surface area contributed by atoms with Crippen molar-refractivity contribution in [2.24, 2.45) is 0 Å². The fraction of sp³-hybridized carbons (Fsp3) is 0.188. The van der Waals surface area contributed by atoms with Gasteiger partial charge in [0.05, 0.1) is 7.11 Å². The molecule has 0 heterocycles. The normalized spacial score (nSPS) is 10.1. The average molecular weight is 270 g/mol. The highest BCUT2D eigenvalue weighted by Gasteiger charge is 2.05. The number of carbonyl (C=O) groups excluding carboxylic acids is 1. The summed E-state index contributed by atoms with van der Waals surface area (Å²) in [6, 6.07) is 13.2. The molecule has 0 unspecified atom stereocenters. The molecule has 0 amide bonds. The minimum absolute atomic E-state index is 0.0261. The van der Waals surface area contributed by atoms with Crippen LogP contribution in [-0.4, -0.2) is 12.9 Å². The van der Waals surface area contributed by atoms with Gasteiger partial charge < -0.3 is 15.8 Å². The Bertz CT molecular complexity index is 624. The van der Waals surface area contributed by atoms with Gasteiger partial charge in [-0.3, -0.25) is 4.79 Å². The van der Waals surface area contributed by atoms with Crippen molar-refractivity contribution in [3.05, 3.63) is 53.6 Å². The van der Waals surface area contributed by atoms with E-state index in [1.54, 1.807) is 19.2 Å². The fourth-order valence-corrected chi connectivity index (χ4v) is 1.98. The highest BCUT2D eigenvalue weighted by Crippen LogP contribution is 2.20. The number of hydrogen-bond acceptors (Lipinski definition) is 4. The monoisotopic (exact) mass is 270 g/mol. The van der Waals surface area contributed by atoms with Crippen molar-refractivity contribution in [3.63, 3.8) is 0 Å². The van der Waals surface area contributed by atoms with Crippen LogP contribution in [0.25, 0.3) is 0 Å². The average Bonchev–Trinajstić information content (AvgIpc) is 2.45. The van der Waals surface area contributed by atoms with Gasteiger partial charge in [-0.25, -0.2) is 0 Å². The molecule has 0 saturated carbocycles. The number of nitrogen functional groups attached to an aromatic ring is 1. The second-order valence-corrected chi connectivity index (χ2v) is 4.56. The maximum absolute atomic E-state index is 11.3. The van der Waals surface area contributed by atoms with Crippen LogP contribution in [-0.2, 0) is 6.54 Å². The zero-order valence-electron chi connectivity index (χ0n) is 11.6. The standard InChI is InChI=1S/C16H18N2O2/c1-11(19)15-7-6-13(9-16(15)17)18-10-12-4-3-5-14(8-12)20-2/h3-9,18H,10,17H2,1-2H3. The molecule has 0 bridgehead atoms. The fourth-order valence-electron chi connectivity index (χ4n) is 1.98. The van der Waals surface area contributed by atoms with E-state index in [-0.39, 0.29) is 5.78 Å². The number of ether oxygens (including phenoxy) is 1. The lowest BCUT2D eigenvalue weighted by Gasteiger charge is -2.10. The second kappa shape index (κ2) is 6.10. The van der Waals surface area contributed by atoms with Crippen LogP contribution in [0.15, 0.2) is 42.5 Å². The van der Waals surface area contributed by atoms with Crippen LogP contribution < -0.4 is 15.8 Å². The van der Waals surface area contributed by atoms with E-state index in [4.69, 9.17) is 10.5 Å². The third-order valence-corrected chi connectivity index (χ3v) is 3.06. The van der Waals surface area contributed by atoms with E-state index in [9.17, 15) is 4.79 Å². The summed E-state index contributed by atoms with van der Waals surface area (Å²) in [6.45, 7) is 2.17. The Morgan fingerprint density at radius 2 is 2.05 bits per heavy atom. The van der Waals surface area contributed by atoms with E-state index >= 15 is 0 Å². The highest BCUT2D eigenvalue weighted by atomic mass is 16.5. The van der Waals surface area contributed by atoms with Crippen LogP contribution in [0.4, 0.5) is 11.4 Å². The number of benzene rings is 2. The molecule has 4 nitrogen and oxygen atoms in total. The number of rotatable bonds is 5. The molecule has 0 aliphatic heterocycles. The van der Waals surface area contributed by atoms with Crippen LogP contribution in [0.5, 0.6) is 5.75 Å². The van der Waals surface area contributed by atoms with E-state index < -0.39 is 0 Å². The molecular weight excluding hydrogens is 252 g/mol. The Morgan fingerprint density at radius 1 is 1.25 bits per heavy atom. The first-order valence-corrected chi connectivity index (χ1v) is 6.37. The van der Waals surface area contributed by atoms with E-state index in [0.29, 0.717) is 17.8 Å². The quantitative estimate of drug-likeness (QED) is 0.647. The van der Waals surface area contributed by atoms with E-state index in [0.717, 1.165) is 17.0 Å². The van der Waals surface area contributed by atoms with Crippen molar-refractivity contribution in [2.75, 3.05) is 18.2 Å². The molecule has 4 heteroatoms. The zero-order valence-corrected chi connectivity index (χ0v) is 11.6. The number of anilines is 2. The molecule has 2 rings (SSSR count). The van der Waals surface area contributed by atoms with Gasteiger partial charge in [0.1, 0.15) is 5.75 Å². The van der Waals surface area contributed by atoms with E-state index in [1.807, 2.05) is 30.3 Å². The summed E-state index contributed by atoms with van der Waals surface area (Å²) < 4.78 is 5.18. The van der Waals surface area contributed by atoms with Gasteiger partial charge in [-0.1, -0.05) is 12.1 Å². The number of ketones is 1. The Balaban J connectivity index is 2.07. The number of hydrogen-bond donors (Lipinski definition) is 2. The van der Waals surface area contributed by atoms with Crippen molar-refractivity contribution < 1.29 is 9.53 Å². The lowest BCUT2D eigenvalue weighted by Crippen LogP contribution is -2.03. The Hall–Kier alpha value is -2.49. The third-order valence-electron chi connectivity index (χ3n) is 3.06. The van der Waals surface area contributed by atoms with Crippen LogP contribution in [0.3, 0.4) is 0 Å². The van der Waals surface area contributed by atoms with Crippen LogP contribution in [0, 0.1) is 0 Å². The Morgan fingerprint density at radius 3 is 2.70 bits per heavy atom.